The molecule has 0 fully saturated rings. The number of H-pyrrole nitrogens is 1. The number of hydrogen-bond donors (Lipinski definition) is 2. The molecule has 5 rings (SSSR count). The highest BCUT2D eigenvalue weighted by Gasteiger charge is 2.16. The summed E-state index contributed by atoms with van der Waals surface area (Å²) in [5.74, 6) is 0.234. The number of hydrogen-bond acceptors (Lipinski definition) is 3. The van der Waals surface area contributed by atoms with Gasteiger partial charge in [0.15, 0.2) is 0 Å². The number of halogens is 1. The molecule has 3 heterocycles. The summed E-state index contributed by atoms with van der Waals surface area (Å²) in [7, 11) is 0. The summed E-state index contributed by atoms with van der Waals surface area (Å²) in [6.07, 6.45) is 5.53. The third kappa shape index (κ3) is 2.47. The molecule has 138 valence electrons. The maximum absolute atomic E-state index is 10.6. The van der Waals surface area contributed by atoms with Gasteiger partial charge in [0.1, 0.15) is 5.75 Å². The van der Waals surface area contributed by atoms with E-state index in [0.29, 0.717) is 5.02 Å². The van der Waals surface area contributed by atoms with E-state index in [2.05, 4.69) is 27.8 Å². The van der Waals surface area contributed by atoms with Crippen LogP contribution in [0.5, 0.6) is 5.75 Å². The standard InChI is InChI=1S/C22H17ClN4O/c1-12-13(2)26-19-4-3-16(23)9-18(19)22(12)27-6-5-17-20(27)7-14(8-21(17)28)15-10-24-25-11-15/h3-11,28H,1-2H3,(H,24,25). The van der Waals surface area contributed by atoms with Crippen LogP contribution in [0.15, 0.2) is 55.0 Å². The normalized spacial score (nSPS) is 11.5. The molecule has 0 radical (unpaired) electrons. The summed E-state index contributed by atoms with van der Waals surface area (Å²) < 4.78 is 2.10. The van der Waals surface area contributed by atoms with E-state index in [4.69, 9.17) is 16.6 Å². The summed E-state index contributed by atoms with van der Waals surface area (Å²) in [6.45, 7) is 4.07. The lowest BCUT2D eigenvalue weighted by Crippen LogP contribution is -2.01. The number of fused-ring (bicyclic) bond motifs is 2. The average molecular weight is 389 g/mol. The van der Waals surface area contributed by atoms with E-state index in [9.17, 15) is 5.11 Å². The molecule has 28 heavy (non-hydrogen) atoms. The topological polar surface area (TPSA) is 66.7 Å². The van der Waals surface area contributed by atoms with Gasteiger partial charge < -0.3 is 9.67 Å². The Morgan fingerprint density at radius 2 is 1.89 bits per heavy atom. The van der Waals surface area contributed by atoms with Gasteiger partial charge in [0.25, 0.3) is 0 Å². The number of nitrogens with zero attached hydrogens (tertiary/aromatic N) is 3. The molecule has 0 saturated heterocycles. The van der Waals surface area contributed by atoms with Crippen LogP contribution in [-0.2, 0) is 0 Å². The lowest BCUT2D eigenvalue weighted by molar-refractivity contribution is 0.482. The van der Waals surface area contributed by atoms with Gasteiger partial charge in [0, 0.05) is 39.4 Å². The van der Waals surface area contributed by atoms with Crippen molar-refractivity contribution in [2.24, 2.45) is 0 Å². The molecule has 0 saturated carbocycles. The second-order valence-electron chi connectivity index (χ2n) is 6.93. The van der Waals surface area contributed by atoms with Crippen molar-refractivity contribution in [3.05, 3.63) is 71.3 Å². The number of nitrogens with one attached hydrogen (secondary N) is 1. The maximum Gasteiger partial charge on any atom is 0.125 e. The first kappa shape index (κ1) is 16.8. The molecule has 3 aromatic heterocycles. The molecule has 0 aliphatic carbocycles. The van der Waals surface area contributed by atoms with Crippen LogP contribution < -0.4 is 0 Å². The number of aryl methyl sites for hydroxylation is 1. The minimum atomic E-state index is 0.234. The molecule has 0 spiro atoms. The molecule has 0 aliphatic heterocycles. The van der Waals surface area contributed by atoms with Gasteiger partial charge in [-0.05, 0) is 61.4 Å². The van der Waals surface area contributed by atoms with Crippen LogP contribution in [-0.4, -0.2) is 24.9 Å². The first-order valence-corrected chi connectivity index (χ1v) is 9.31. The third-order valence-corrected chi connectivity index (χ3v) is 5.49. The van der Waals surface area contributed by atoms with Gasteiger partial charge in [0.05, 0.1) is 22.9 Å². The predicted molar refractivity (Wildman–Crippen MR) is 112 cm³/mol. The van der Waals surface area contributed by atoms with Crippen LogP contribution >= 0.6 is 11.6 Å². The van der Waals surface area contributed by atoms with E-state index in [0.717, 1.165) is 49.9 Å². The summed E-state index contributed by atoms with van der Waals surface area (Å²) in [4.78, 5) is 4.71. The van der Waals surface area contributed by atoms with Crippen LogP contribution in [0.4, 0.5) is 0 Å². The molecule has 0 amide bonds. The SMILES string of the molecule is Cc1nc2ccc(Cl)cc2c(-n2ccc3c(O)cc(-c4cn[nH]c4)cc32)c1C. The second-order valence-corrected chi connectivity index (χ2v) is 7.37. The Hall–Kier alpha value is -3.31. The number of aromatic nitrogens is 4. The lowest BCUT2D eigenvalue weighted by Gasteiger charge is -2.16. The fourth-order valence-electron chi connectivity index (χ4n) is 3.74. The van der Waals surface area contributed by atoms with E-state index >= 15 is 0 Å². The van der Waals surface area contributed by atoms with Gasteiger partial charge in [-0.25, -0.2) is 0 Å². The quantitative estimate of drug-likeness (QED) is 0.417. The number of phenolic OH excluding ortho intramolecular Hbond substituents is 1. The molecule has 5 nitrogen and oxygen atoms in total. The summed E-state index contributed by atoms with van der Waals surface area (Å²) in [5, 5.41) is 19.9. The number of aromatic hydroxyl groups is 1. The minimum absolute atomic E-state index is 0.234. The van der Waals surface area contributed by atoms with Crippen molar-refractivity contribution in [2.75, 3.05) is 0 Å². The number of rotatable bonds is 2. The molecule has 2 N–H and O–H groups in total. The van der Waals surface area contributed by atoms with Crippen molar-refractivity contribution in [1.29, 1.82) is 0 Å². The highest BCUT2D eigenvalue weighted by Crippen LogP contribution is 2.36. The van der Waals surface area contributed by atoms with Crippen molar-refractivity contribution in [2.45, 2.75) is 13.8 Å². The fraction of sp³-hybridized carbons (Fsp3) is 0.0909. The van der Waals surface area contributed by atoms with E-state index in [1.165, 1.54) is 0 Å². The molecule has 0 atom stereocenters. The molecule has 0 bridgehead atoms. The Kier molecular flexibility index (Phi) is 3.67. The molecule has 0 unspecified atom stereocenters. The van der Waals surface area contributed by atoms with Gasteiger partial charge in [0.2, 0.25) is 0 Å². The largest absolute Gasteiger partial charge is 0.507 e. The monoisotopic (exact) mass is 388 g/mol. The highest BCUT2D eigenvalue weighted by molar-refractivity contribution is 6.31. The van der Waals surface area contributed by atoms with Gasteiger partial charge in [-0.2, -0.15) is 5.10 Å². The lowest BCUT2D eigenvalue weighted by atomic mass is 10.1. The Labute approximate surface area is 166 Å². The summed E-state index contributed by atoms with van der Waals surface area (Å²) in [6, 6.07) is 11.5. The van der Waals surface area contributed by atoms with Crippen molar-refractivity contribution < 1.29 is 5.11 Å². The van der Waals surface area contributed by atoms with Crippen LogP contribution in [0, 0.1) is 13.8 Å². The zero-order chi connectivity index (χ0) is 19.4. The molecule has 0 aliphatic rings. The number of phenols is 1. The summed E-state index contributed by atoms with van der Waals surface area (Å²) in [5.41, 5.74) is 6.65. The van der Waals surface area contributed by atoms with Crippen molar-refractivity contribution in [1.82, 2.24) is 19.7 Å². The Morgan fingerprint density at radius 3 is 2.68 bits per heavy atom. The zero-order valence-corrected chi connectivity index (χ0v) is 16.1. The van der Waals surface area contributed by atoms with Crippen LogP contribution in [0.2, 0.25) is 5.02 Å². The Balaban J connectivity index is 1.88. The van der Waals surface area contributed by atoms with E-state index in [1.54, 1.807) is 12.3 Å². The fourth-order valence-corrected chi connectivity index (χ4v) is 3.91. The van der Waals surface area contributed by atoms with Crippen LogP contribution in [0.1, 0.15) is 11.3 Å². The number of benzene rings is 2. The van der Waals surface area contributed by atoms with Gasteiger partial charge in [-0.15, -0.1) is 0 Å². The minimum Gasteiger partial charge on any atom is -0.507 e. The van der Waals surface area contributed by atoms with Crippen molar-refractivity contribution in [3.8, 4) is 22.6 Å². The summed E-state index contributed by atoms with van der Waals surface area (Å²) >= 11 is 6.29. The van der Waals surface area contributed by atoms with E-state index < -0.39 is 0 Å². The molecule has 2 aromatic carbocycles. The second kappa shape index (κ2) is 6.11. The van der Waals surface area contributed by atoms with Gasteiger partial charge in [-0.1, -0.05) is 11.6 Å². The predicted octanol–water partition coefficient (Wildman–Crippen LogP) is 5.54. The third-order valence-electron chi connectivity index (χ3n) is 5.26. The first-order chi connectivity index (χ1) is 13.5. The first-order valence-electron chi connectivity index (χ1n) is 8.93. The van der Waals surface area contributed by atoms with Crippen molar-refractivity contribution in [3.63, 3.8) is 0 Å². The maximum atomic E-state index is 10.6. The Bertz CT molecular complexity index is 1350. The molecular weight excluding hydrogens is 372 g/mol. The van der Waals surface area contributed by atoms with Crippen LogP contribution in [0.3, 0.4) is 0 Å². The Morgan fingerprint density at radius 1 is 1.04 bits per heavy atom. The van der Waals surface area contributed by atoms with Gasteiger partial charge >= 0.3 is 0 Å². The van der Waals surface area contributed by atoms with E-state index in [1.807, 2.05) is 43.6 Å². The van der Waals surface area contributed by atoms with Crippen LogP contribution in [0.25, 0.3) is 38.6 Å². The number of pyridine rings is 1. The van der Waals surface area contributed by atoms with Crippen molar-refractivity contribution >= 4 is 33.4 Å². The molecule has 6 heteroatoms. The molecule has 5 aromatic rings. The smallest absolute Gasteiger partial charge is 0.125 e. The highest BCUT2D eigenvalue weighted by atomic mass is 35.5. The molecular formula is C22H17ClN4O. The average Bonchev–Trinajstić information content (AvgIpc) is 3.34. The number of aromatic amines is 1. The zero-order valence-electron chi connectivity index (χ0n) is 15.4. The van der Waals surface area contributed by atoms with E-state index in [-0.39, 0.29) is 5.75 Å². The van der Waals surface area contributed by atoms with Gasteiger partial charge in [-0.3, -0.25) is 10.1 Å².